The first-order valence-corrected chi connectivity index (χ1v) is 10.9. The summed E-state index contributed by atoms with van der Waals surface area (Å²) in [7, 11) is 0. The molecule has 0 aromatic heterocycles. The Labute approximate surface area is 186 Å². The van der Waals surface area contributed by atoms with Crippen LogP contribution < -0.4 is 25.0 Å². The van der Waals surface area contributed by atoms with Crippen LogP contribution in [-0.2, 0) is 9.59 Å². The third kappa shape index (κ3) is 4.54. The fourth-order valence-electron chi connectivity index (χ4n) is 3.76. The number of hydrogen-bond donors (Lipinski definition) is 2. The van der Waals surface area contributed by atoms with E-state index in [9.17, 15) is 14.4 Å². The number of hydrogen-bond acceptors (Lipinski definition) is 5. The molecule has 2 unspecified atom stereocenters. The van der Waals surface area contributed by atoms with Gasteiger partial charge < -0.3 is 25.0 Å². The summed E-state index contributed by atoms with van der Waals surface area (Å²) in [5.74, 6) is 0.0489. The lowest BCUT2D eigenvalue weighted by atomic mass is 10.1. The lowest BCUT2D eigenvalue weighted by Crippen LogP contribution is -2.33. The molecule has 1 fully saturated rings. The van der Waals surface area contributed by atoms with Gasteiger partial charge in [0.15, 0.2) is 11.5 Å². The largest absolute Gasteiger partial charge is 0.486 e. The summed E-state index contributed by atoms with van der Waals surface area (Å²) < 4.78 is 11.1. The number of nitrogens with one attached hydrogen (secondary N) is 2. The highest BCUT2D eigenvalue weighted by atomic mass is 16.6. The molecule has 2 aromatic rings. The highest BCUT2D eigenvalue weighted by molar-refractivity contribution is 6.07. The monoisotopic (exact) mass is 437 g/mol. The van der Waals surface area contributed by atoms with E-state index >= 15 is 0 Å². The zero-order valence-corrected chi connectivity index (χ0v) is 18.2. The minimum Gasteiger partial charge on any atom is -0.486 e. The van der Waals surface area contributed by atoms with E-state index in [1.54, 1.807) is 47.4 Å². The quantitative estimate of drug-likeness (QED) is 0.724. The minimum absolute atomic E-state index is 0.0262. The van der Waals surface area contributed by atoms with Crippen molar-refractivity contribution in [2.75, 3.05) is 30.0 Å². The van der Waals surface area contributed by atoms with Crippen LogP contribution in [0.4, 0.5) is 11.4 Å². The van der Waals surface area contributed by atoms with E-state index in [0.29, 0.717) is 41.7 Å². The Morgan fingerprint density at radius 2 is 1.88 bits per heavy atom. The number of fused-ring (bicyclic) bond motifs is 1. The van der Waals surface area contributed by atoms with Crippen molar-refractivity contribution >= 4 is 29.1 Å². The summed E-state index contributed by atoms with van der Waals surface area (Å²) in [6.45, 7) is 5.12. The maximum absolute atomic E-state index is 13.0. The first-order valence-electron chi connectivity index (χ1n) is 10.9. The van der Waals surface area contributed by atoms with Crippen molar-refractivity contribution in [2.45, 2.75) is 32.7 Å². The Morgan fingerprint density at radius 1 is 1.12 bits per heavy atom. The van der Waals surface area contributed by atoms with Crippen LogP contribution in [0.3, 0.4) is 0 Å². The summed E-state index contributed by atoms with van der Waals surface area (Å²) >= 11 is 0. The van der Waals surface area contributed by atoms with Gasteiger partial charge in [0.2, 0.25) is 11.8 Å². The van der Waals surface area contributed by atoms with E-state index in [2.05, 4.69) is 10.6 Å². The maximum Gasteiger partial charge on any atom is 0.253 e. The van der Waals surface area contributed by atoms with Crippen molar-refractivity contribution in [3.63, 3.8) is 0 Å². The SMILES string of the molecule is CCC(C)NC(=O)c1ccccc1NC(=O)C1CC(=O)N(c2ccc3c(c2)OCCO3)C1. The maximum atomic E-state index is 13.0. The van der Waals surface area contributed by atoms with Crippen LogP contribution in [0.1, 0.15) is 37.0 Å². The van der Waals surface area contributed by atoms with Gasteiger partial charge in [-0.2, -0.15) is 0 Å². The molecule has 168 valence electrons. The van der Waals surface area contributed by atoms with Crippen LogP contribution in [0.25, 0.3) is 0 Å². The molecule has 2 aliphatic heterocycles. The van der Waals surface area contributed by atoms with Gasteiger partial charge in [0, 0.05) is 30.8 Å². The molecule has 2 heterocycles. The lowest BCUT2D eigenvalue weighted by molar-refractivity contribution is -0.122. The summed E-state index contributed by atoms with van der Waals surface area (Å²) in [4.78, 5) is 39.8. The Morgan fingerprint density at radius 3 is 2.66 bits per heavy atom. The van der Waals surface area contributed by atoms with Crippen LogP contribution in [0.15, 0.2) is 42.5 Å². The molecule has 2 aromatic carbocycles. The van der Waals surface area contributed by atoms with Crippen LogP contribution in [0, 0.1) is 5.92 Å². The second kappa shape index (κ2) is 9.30. The molecule has 0 radical (unpaired) electrons. The number of anilines is 2. The zero-order chi connectivity index (χ0) is 22.7. The summed E-state index contributed by atoms with van der Waals surface area (Å²) in [5.41, 5.74) is 1.50. The third-order valence-electron chi connectivity index (χ3n) is 5.75. The normalized spacial score (nSPS) is 18.2. The average molecular weight is 437 g/mol. The molecule has 0 saturated carbocycles. The van der Waals surface area contributed by atoms with E-state index < -0.39 is 5.92 Å². The predicted octanol–water partition coefficient (Wildman–Crippen LogP) is 2.98. The molecule has 4 rings (SSSR count). The average Bonchev–Trinajstić information content (AvgIpc) is 3.20. The highest BCUT2D eigenvalue weighted by Gasteiger charge is 2.36. The van der Waals surface area contributed by atoms with Crippen molar-refractivity contribution in [2.24, 2.45) is 5.92 Å². The van der Waals surface area contributed by atoms with Crippen LogP contribution in [-0.4, -0.2) is 43.5 Å². The number of ether oxygens (including phenoxy) is 2. The zero-order valence-electron chi connectivity index (χ0n) is 18.2. The number of para-hydroxylation sites is 1. The van der Waals surface area contributed by atoms with Crippen LogP contribution in [0.5, 0.6) is 11.5 Å². The number of rotatable bonds is 6. The standard InChI is InChI=1S/C24H27N3O5/c1-3-15(2)25-24(30)18-6-4-5-7-19(18)26-23(29)16-12-22(28)27(14-16)17-8-9-20-21(13-17)32-11-10-31-20/h4-9,13,15-16H,3,10-12,14H2,1-2H3,(H,25,30)(H,26,29). The van der Waals surface area contributed by atoms with Gasteiger partial charge in [0.1, 0.15) is 13.2 Å². The van der Waals surface area contributed by atoms with Gasteiger partial charge in [0.05, 0.1) is 17.2 Å². The van der Waals surface area contributed by atoms with Gasteiger partial charge in [-0.05, 0) is 37.6 Å². The van der Waals surface area contributed by atoms with Gasteiger partial charge in [-0.1, -0.05) is 19.1 Å². The highest BCUT2D eigenvalue weighted by Crippen LogP contribution is 2.36. The molecule has 0 spiro atoms. The molecule has 3 amide bonds. The Hall–Kier alpha value is -3.55. The van der Waals surface area contributed by atoms with E-state index in [1.165, 1.54) is 0 Å². The molecule has 1 saturated heterocycles. The predicted molar refractivity (Wildman–Crippen MR) is 120 cm³/mol. The second-order valence-corrected chi connectivity index (χ2v) is 8.05. The Bertz CT molecular complexity index is 1040. The van der Waals surface area contributed by atoms with Crippen LogP contribution >= 0.6 is 0 Å². The van der Waals surface area contributed by atoms with E-state index in [1.807, 2.05) is 13.8 Å². The van der Waals surface area contributed by atoms with Crippen LogP contribution in [0.2, 0.25) is 0 Å². The van der Waals surface area contributed by atoms with Gasteiger partial charge in [0.25, 0.3) is 5.91 Å². The molecule has 2 aliphatic rings. The number of benzene rings is 2. The van der Waals surface area contributed by atoms with Gasteiger partial charge in [-0.25, -0.2) is 0 Å². The first-order chi connectivity index (χ1) is 15.5. The van der Waals surface area contributed by atoms with Crippen molar-refractivity contribution < 1.29 is 23.9 Å². The molecule has 8 nitrogen and oxygen atoms in total. The molecule has 8 heteroatoms. The van der Waals surface area contributed by atoms with Crippen molar-refractivity contribution in [1.29, 1.82) is 0 Å². The molecule has 0 bridgehead atoms. The van der Waals surface area contributed by atoms with Gasteiger partial charge in [-0.3, -0.25) is 14.4 Å². The first kappa shape index (κ1) is 21.7. The second-order valence-electron chi connectivity index (χ2n) is 8.05. The lowest BCUT2D eigenvalue weighted by Gasteiger charge is -2.22. The molecule has 2 atom stereocenters. The summed E-state index contributed by atoms with van der Waals surface area (Å²) in [6, 6.07) is 12.2. The number of nitrogens with zero attached hydrogens (tertiary/aromatic N) is 1. The van der Waals surface area contributed by atoms with Crippen molar-refractivity contribution in [3.8, 4) is 11.5 Å². The molecular weight excluding hydrogens is 410 g/mol. The molecule has 2 N–H and O–H groups in total. The van der Waals surface area contributed by atoms with E-state index in [4.69, 9.17) is 9.47 Å². The van der Waals surface area contributed by atoms with Crippen molar-refractivity contribution in [1.82, 2.24) is 5.32 Å². The number of carbonyl (C=O) groups is 3. The smallest absolute Gasteiger partial charge is 0.253 e. The topological polar surface area (TPSA) is 97.0 Å². The molecule has 0 aliphatic carbocycles. The fourth-order valence-corrected chi connectivity index (χ4v) is 3.76. The van der Waals surface area contributed by atoms with E-state index in [0.717, 1.165) is 6.42 Å². The fraction of sp³-hybridized carbons (Fsp3) is 0.375. The van der Waals surface area contributed by atoms with E-state index in [-0.39, 0.29) is 36.7 Å². The molecular formula is C24H27N3O5. The Balaban J connectivity index is 1.45. The third-order valence-corrected chi connectivity index (χ3v) is 5.75. The van der Waals surface area contributed by atoms with Gasteiger partial charge >= 0.3 is 0 Å². The molecule has 32 heavy (non-hydrogen) atoms. The van der Waals surface area contributed by atoms with Gasteiger partial charge in [-0.15, -0.1) is 0 Å². The van der Waals surface area contributed by atoms with Crippen molar-refractivity contribution in [3.05, 3.63) is 48.0 Å². The summed E-state index contributed by atoms with van der Waals surface area (Å²) in [6.07, 6.45) is 0.904. The number of amides is 3. The number of carbonyl (C=O) groups excluding carboxylic acids is 3. The minimum atomic E-state index is -0.526. The summed E-state index contributed by atoms with van der Waals surface area (Å²) in [5, 5.41) is 5.76. The Kier molecular flexibility index (Phi) is 6.30.